The van der Waals surface area contributed by atoms with Gasteiger partial charge < -0.3 is 24.6 Å². The summed E-state index contributed by atoms with van der Waals surface area (Å²) in [6.45, 7) is 3.17. The van der Waals surface area contributed by atoms with Gasteiger partial charge in [0.1, 0.15) is 12.2 Å². The summed E-state index contributed by atoms with van der Waals surface area (Å²) in [5.74, 6) is -0.410. The molecule has 9 nitrogen and oxygen atoms in total. The Labute approximate surface area is 260 Å². The second-order valence-corrected chi connectivity index (χ2v) is 11.9. The van der Waals surface area contributed by atoms with Crippen molar-refractivity contribution in [2.45, 2.75) is 122 Å². The number of aliphatic hydroxyl groups excluding tert-OH is 2. The number of hydrogen-bond acceptors (Lipinski definition) is 8. The van der Waals surface area contributed by atoms with Gasteiger partial charge in [-0.2, -0.15) is 0 Å². The molecule has 0 aliphatic carbocycles. The smallest absolute Gasteiger partial charge is 0.457 e. The number of rotatable bonds is 30. The van der Waals surface area contributed by atoms with Crippen molar-refractivity contribution in [3.8, 4) is 0 Å². The first-order valence-corrected chi connectivity index (χ1v) is 17.6. The zero-order valence-electron chi connectivity index (χ0n) is 26.7. The standard InChI is InChI=1S/C33H59O9P/c1-3-5-7-9-11-13-14-15-16-17-18-20-22-24-26-39-29-32(30-41-43(37,38)40-28-31(35)27-34)42-33(36)25-23-21-19-12-10-8-6-4-2/h5,7,11,13,15-16,18,20,31-32,34-35H,3-4,6,8-10,12,14,17,19,21-30H2,1-2H3,(H,37,38)/b7-5-,13-11-,16-15-,20-18-. The second kappa shape index (κ2) is 30.4. The minimum Gasteiger partial charge on any atom is -0.457 e. The predicted molar refractivity (Wildman–Crippen MR) is 173 cm³/mol. The molecular formula is C33H59O9P. The number of carbonyl (C=O) groups is 1. The Morgan fingerprint density at radius 3 is 1.91 bits per heavy atom. The fourth-order valence-corrected chi connectivity index (χ4v) is 4.62. The van der Waals surface area contributed by atoms with Crippen LogP contribution in [0.2, 0.25) is 0 Å². The van der Waals surface area contributed by atoms with Gasteiger partial charge in [-0.05, 0) is 44.9 Å². The maximum Gasteiger partial charge on any atom is 0.472 e. The quantitative estimate of drug-likeness (QED) is 0.0319. The van der Waals surface area contributed by atoms with Crippen LogP contribution in [0.4, 0.5) is 0 Å². The lowest BCUT2D eigenvalue weighted by Crippen LogP contribution is -2.29. The van der Waals surface area contributed by atoms with Crippen LogP contribution in [0.3, 0.4) is 0 Å². The van der Waals surface area contributed by atoms with Crippen LogP contribution in [-0.2, 0) is 27.9 Å². The lowest BCUT2D eigenvalue weighted by Gasteiger charge is -2.20. The molecule has 0 aromatic carbocycles. The Morgan fingerprint density at radius 1 is 0.744 bits per heavy atom. The topological polar surface area (TPSA) is 132 Å². The fraction of sp³-hybridized carbons (Fsp3) is 0.727. The Kier molecular flexibility index (Phi) is 29.3. The van der Waals surface area contributed by atoms with Gasteiger partial charge in [0.25, 0.3) is 0 Å². The number of aliphatic hydroxyl groups is 2. The van der Waals surface area contributed by atoms with Crippen LogP contribution in [0.1, 0.15) is 110 Å². The van der Waals surface area contributed by atoms with Crippen LogP contribution in [-0.4, -0.2) is 66.3 Å². The molecule has 0 rings (SSSR count). The number of phosphoric ester groups is 1. The van der Waals surface area contributed by atoms with Gasteiger partial charge in [-0.3, -0.25) is 13.8 Å². The van der Waals surface area contributed by atoms with Crippen molar-refractivity contribution < 1.29 is 43.0 Å². The third-order valence-corrected chi connectivity index (χ3v) is 7.23. The van der Waals surface area contributed by atoms with Crippen molar-refractivity contribution >= 4 is 13.8 Å². The summed E-state index contributed by atoms with van der Waals surface area (Å²) in [7, 11) is -4.51. The molecule has 3 N–H and O–H groups in total. The number of esters is 1. The predicted octanol–water partition coefficient (Wildman–Crippen LogP) is 7.52. The Balaban J connectivity index is 4.40. The van der Waals surface area contributed by atoms with Gasteiger partial charge in [0.05, 0.1) is 26.4 Å². The maximum absolute atomic E-state index is 12.4. The van der Waals surface area contributed by atoms with Crippen molar-refractivity contribution in [3.05, 3.63) is 48.6 Å². The van der Waals surface area contributed by atoms with E-state index in [0.717, 1.165) is 64.2 Å². The molecular weight excluding hydrogens is 571 g/mol. The van der Waals surface area contributed by atoms with E-state index in [1.54, 1.807) is 0 Å². The number of hydrogen-bond donors (Lipinski definition) is 3. The van der Waals surface area contributed by atoms with Gasteiger partial charge in [-0.25, -0.2) is 4.57 Å². The van der Waals surface area contributed by atoms with Gasteiger partial charge in [0.2, 0.25) is 0 Å². The number of ether oxygens (including phenoxy) is 2. The van der Waals surface area contributed by atoms with E-state index in [-0.39, 0.29) is 13.0 Å². The van der Waals surface area contributed by atoms with Crippen molar-refractivity contribution in [1.82, 2.24) is 0 Å². The van der Waals surface area contributed by atoms with Crippen LogP contribution in [0, 0.1) is 0 Å². The number of unbranched alkanes of at least 4 members (excludes halogenated alkanes) is 8. The fourth-order valence-electron chi connectivity index (χ4n) is 3.83. The third-order valence-electron chi connectivity index (χ3n) is 6.28. The van der Waals surface area contributed by atoms with Crippen molar-refractivity contribution in [3.63, 3.8) is 0 Å². The SMILES string of the molecule is CC/C=C\C/C=C\C/C=C\C/C=C\CCCOCC(COP(=O)(O)OCC(O)CO)OC(=O)CCCCCCCCCC. The molecule has 10 heteroatoms. The Morgan fingerprint density at radius 2 is 1.30 bits per heavy atom. The van der Waals surface area contributed by atoms with Crippen LogP contribution in [0.15, 0.2) is 48.6 Å². The lowest BCUT2D eigenvalue weighted by molar-refractivity contribution is -0.154. The summed E-state index contributed by atoms with van der Waals surface area (Å²) in [5, 5.41) is 18.2. The Bertz CT molecular complexity index is 810. The summed E-state index contributed by atoms with van der Waals surface area (Å²) < 4.78 is 32.9. The van der Waals surface area contributed by atoms with Crippen molar-refractivity contribution in [2.75, 3.05) is 33.0 Å². The lowest BCUT2D eigenvalue weighted by atomic mass is 10.1. The van der Waals surface area contributed by atoms with Gasteiger partial charge in [-0.1, -0.05) is 107 Å². The summed E-state index contributed by atoms with van der Waals surface area (Å²) in [5.41, 5.74) is 0. The van der Waals surface area contributed by atoms with Gasteiger partial charge in [0, 0.05) is 13.0 Å². The van der Waals surface area contributed by atoms with E-state index in [4.69, 9.17) is 19.1 Å². The average molecular weight is 631 g/mol. The molecule has 3 unspecified atom stereocenters. The molecule has 0 aliphatic heterocycles. The zero-order valence-corrected chi connectivity index (χ0v) is 27.5. The van der Waals surface area contributed by atoms with Crippen LogP contribution >= 0.6 is 7.82 Å². The van der Waals surface area contributed by atoms with Crippen molar-refractivity contribution in [1.29, 1.82) is 0 Å². The van der Waals surface area contributed by atoms with E-state index in [1.807, 2.05) is 0 Å². The minimum atomic E-state index is -4.51. The molecule has 0 aromatic heterocycles. The number of carbonyl (C=O) groups excluding carboxylic acids is 1. The zero-order chi connectivity index (χ0) is 31.9. The van der Waals surface area contributed by atoms with E-state index in [1.165, 1.54) is 25.7 Å². The monoisotopic (exact) mass is 630 g/mol. The molecule has 0 spiro atoms. The number of phosphoric acid groups is 1. The van der Waals surface area contributed by atoms with E-state index >= 15 is 0 Å². The highest BCUT2D eigenvalue weighted by Gasteiger charge is 2.26. The van der Waals surface area contributed by atoms with Gasteiger partial charge in [-0.15, -0.1) is 0 Å². The van der Waals surface area contributed by atoms with Gasteiger partial charge >= 0.3 is 13.8 Å². The second-order valence-electron chi connectivity index (χ2n) is 10.5. The summed E-state index contributed by atoms with van der Waals surface area (Å²) in [6.07, 6.45) is 29.6. The summed E-state index contributed by atoms with van der Waals surface area (Å²) in [6, 6.07) is 0. The molecule has 0 aromatic rings. The highest BCUT2D eigenvalue weighted by Crippen LogP contribution is 2.43. The van der Waals surface area contributed by atoms with Crippen LogP contribution in [0.5, 0.6) is 0 Å². The van der Waals surface area contributed by atoms with E-state index in [0.29, 0.717) is 6.61 Å². The first kappa shape index (κ1) is 41.4. The molecule has 0 aliphatic rings. The summed E-state index contributed by atoms with van der Waals surface area (Å²) >= 11 is 0. The molecule has 250 valence electrons. The molecule has 0 amide bonds. The van der Waals surface area contributed by atoms with Crippen LogP contribution < -0.4 is 0 Å². The van der Waals surface area contributed by atoms with Gasteiger partial charge in [0.15, 0.2) is 0 Å². The molecule has 0 radical (unpaired) electrons. The van der Waals surface area contributed by atoms with E-state index in [2.05, 4.69) is 67.0 Å². The van der Waals surface area contributed by atoms with Crippen LogP contribution in [0.25, 0.3) is 0 Å². The Hall–Kier alpha value is -1.58. The largest absolute Gasteiger partial charge is 0.472 e. The molecule has 0 heterocycles. The first-order valence-electron chi connectivity index (χ1n) is 16.1. The van der Waals surface area contributed by atoms with E-state index in [9.17, 15) is 19.4 Å². The normalized spacial score (nSPS) is 15.2. The molecule has 0 saturated carbocycles. The molecule has 0 bridgehead atoms. The highest BCUT2D eigenvalue weighted by atomic mass is 31.2. The molecule has 0 saturated heterocycles. The molecule has 0 fully saturated rings. The number of allylic oxidation sites excluding steroid dienone is 8. The highest BCUT2D eigenvalue weighted by molar-refractivity contribution is 7.47. The third kappa shape index (κ3) is 30.2. The average Bonchev–Trinajstić information content (AvgIpc) is 2.99. The molecule has 3 atom stereocenters. The molecule has 43 heavy (non-hydrogen) atoms. The van der Waals surface area contributed by atoms with Crippen molar-refractivity contribution in [2.24, 2.45) is 0 Å². The minimum absolute atomic E-state index is 0.0106. The van der Waals surface area contributed by atoms with E-state index < -0.39 is 45.8 Å². The summed E-state index contributed by atoms with van der Waals surface area (Å²) in [4.78, 5) is 22.3. The first-order chi connectivity index (χ1) is 20.8. The maximum atomic E-state index is 12.4.